The molecular weight excluding hydrogens is 281 g/mol. The summed E-state index contributed by atoms with van der Waals surface area (Å²) in [6, 6.07) is 8.56. The van der Waals surface area contributed by atoms with E-state index in [0.717, 1.165) is 12.1 Å². The quantitative estimate of drug-likeness (QED) is 0.947. The Balaban J connectivity index is 0.00000162. The van der Waals surface area contributed by atoms with E-state index >= 15 is 0 Å². The number of aryl methyl sites for hydroxylation is 2. The normalized spacial score (nSPS) is 9.68. The second-order valence-corrected chi connectivity index (χ2v) is 4.41. The van der Waals surface area contributed by atoms with Crippen molar-refractivity contribution in [3.63, 3.8) is 0 Å². The third-order valence-electron chi connectivity index (χ3n) is 3.16. The van der Waals surface area contributed by atoms with E-state index in [1.54, 1.807) is 0 Å². The van der Waals surface area contributed by atoms with Gasteiger partial charge in [0.1, 0.15) is 0 Å². The van der Waals surface area contributed by atoms with Crippen molar-refractivity contribution in [1.29, 1.82) is 0 Å². The maximum absolute atomic E-state index is 5.60. The van der Waals surface area contributed by atoms with Gasteiger partial charge in [0.2, 0.25) is 0 Å². The molecule has 0 aliphatic carbocycles. The first-order chi connectivity index (χ1) is 8.13. The number of hydrogen-bond acceptors (Lipinski definition) is 2. The highest BCUT2D eigenvalue weighted by Gasteiger charge is 2.11. The maximum Gasteiger partial charge on any atom is 0.0674 e. The van der Waals surface area contributed by atoms with Crippen LogP contribution < -0.4 is 5.73 Å². The van der Waals surface area contributed by atoms with E-state index in [-0.39, 0.29) is 24.8 Å². The molecule has 0 radical (unpaired) electrons. The van der Waals surface area contributed by atoms with Crippen LogP contribution in [-0.4, -0.2) is 16.3 Å². The van der Waals surface area contributed by atoms with Crippen molar-refractivity contribution in [2.75, 3.05) is 6.54 Å². The molecule has 2 N–H and O–H groups in total. The van der Waals surface area contributed by atoms with Gasteiger partial charge in [-0.25, -0.2) is 0 Å². The van der Waals surface area contributed by atoms with Gasteiger partial charge in [-0.05, 0) is 37.9 Å². The van der Waals surface area contributed by atoms with Crippen LogP contribution in [0.2, 0.25) is 0 Å². The molecule has 0 aliphatic rings. The first-order valence-electron chi connectivity index (χ1n) is 5.93. The minimum absolute atomic E-state index is 0. The monoisotopic (exact) mass is 301 g/mol. The summed E-state index contributed by atoms with van der Waals surface area (Å²) < 4.78 is 1.93. The minimum Gasteiger partial charge on any atom is -0.330 e. The van der Waals surface area contributed by atoms with Gasteiger partial charge in [-0.1, -0.05) is 24.3 Å². The third kappa shape index (κ3) is 3.72. The van der Waals surface area contributed by atoms with Gasteiger partial charge in [0.15, 0.2) is 0 Å². The highest BCUT2D eigenvalue weighted by atomic mass is 35.5. The molecule has 0 fully saturated rings. The number of rotatable bonds is 3. The predicted octanol–water partition coefficient (Wildman–Crippen LogP) is 3.05. The van der Waals surface area contributed by atoms with Crippen molar-refractivity contribution in [3.05, 3.63) is 41.2 Å². The number of aromatic nitrogens is 2. The zero-order valence-corrected chi connectivity index (χ0v) is 13.1. The first kappa shape index (κ1) is 18.0. The third-order valence-corrected chi connectivity index (χ3v) is 3.16. The van der Waals surface area contributed by atoms with Crippen LogP contribution in [0.1, 0.15) is 17.0 Å². The Labute approximate surface area is 127 Å². The van der Waals surface area contributed by atoms with Crippen molar-refractivity contribution in [3.8, 4) is 11.1 Å². The molecule has 2 rings (SSSR count). The Bertz CT molecular complexity index is 535. The zero-order chi connectivity index (χ0) is 12.4. The number of hydrogen-bond donors (Lipinski definition) is 1. The van der Waals surface area contributed by atoms with E-state index in [1.807, 2.05) is 11.7 Å². The molecule has 1 heterocycles. The van der Waals surface area contributed by atoms with Crippen molar-refractivity contribution in [1.82, 2.24) is 9.78 Å². The van der Waals surface area contributed by atoms with Crippen LogP contribution >= 0.6 is 24.8 Å². The summed E-state index contributed by atoms with van der Waals surface area (Å²) in [6.45, 7) is 4.84. The fourth-order valence-corrected chi connectivity index (χ4v) is 2.24. The second-order valence-electron chi connectivity index (χ2n) is 4.41. The first-order valence-corrected chi connectivity index (χ1v) is 5.93. The van der Waals surface area contributed by atoms with E-state index in [0.29, 0.717) is 6.54 Å². The van der Waals surface area contributed by atoms with Gasteiger partial charge in [-0.15, -0.1) is 24.8 Å². The molecule has 0 spiro atoms. The van der Waals surface area contributed by atoms with Crippen molar-refractivity contribution in [2.45, 2.75) is 20.3 Å². The van der Waals surface area contributed by atoms with Crippen LogP contribution in [0.5, 0.6) is 0 Å². The highest BCUT2D eigenvalue weighted by molar-refractivity contribution is 5.85. The van der Waals surface area contributed by atoms with Crippen LogP contribution in [0.3, 0.4) is 0 Å². The fourth-order valence-electron chi connectivity index (χ4n) is 2.24. The van der Waals surface area contributed by atoms with Crippen molar-refractivity contribution < 1.29 is 0 Å². The molecule has 0 saturated heterocycles. The number of halogens is 2. The number of nitrogens with zero attached hydrogens (tertiary/aromatic N) is 2. The molecule has 0 bridgehead atoms. The van der Waals surface area contributed by atoms with Gasteiger partial charge in [-0.2, -0.15) is 5.10 Å². The molecule has 3 nitrogen and oxygen atoms in total. The molecule has 5 heteroatoms. The molecular formula is C14H21Cl2N3. The summed E-state index contributed by atoms with van der Waals surface area (Å²) in [5.41, 5.74) is 11.6. The SMILES string of the molecule is Cc1nn(C)c(C)c1-c1cccc(CCN)c1.Cl.Cl. The van der Waals surface area contributed by atoms with E-state index in [9.17, 15) is 0 Å². The Morgan fingerprint density at radius 2 is 1.89 bits per heavy atom. The lowest BCUT2D eigenvalue weighted by atomic mass is 10.0. The van der Waals surface area contributed by atoms with E-state index < -0.39 is 0 Å². The standard InChI is InChI=1S/C14H19N3.2ClH/c1-10-14(11(2)17(3)16-10)13-6-4-5-12(9-13)7-8-15;;/h4-6,9H,7-8,15H2,1-3H3;2*1H. The Morgan fingerprint density at radius 3 is 2.42 bits per heavy atom. The lowest BCUT2D eigenvalue weighted by Gasteiger charge is -2.05. The van der Waals surface area contributed by atoms with Gasteiger partial charge in [0, 0.05) is 18.3 Å². The van der Waals surface area contributed by atoms with Crippen LogP contribution in [0.4, 0.5) is 0 Å². The average Bonchev–Trinajstić information content (AvgIpc) is 2.54. The minimum atomic E-state index is 0. The van der Waals surface area contributed by atoms with E-state index in [1.165, 1.54) is 22.4 Å². The predicted molar refractivity (Wildman–Crippen MR) is 85.4 cm³/mol. The Morgan fingerprint density at radius 1 is 1.21 bits per heavy atom. The van der Waals surface area contributed by atoms with Gasteiger partial charge < -0.3 is 5.73 Å². The number of benzene rings is 1. The second kappa shape index (κ2) is 7.53. The highest BCUT2D eigenvalue weighted by Crippen LogP contribution is 2.27. The fraction of sp³-hybridized carbons (Fsp3) is 0.357. The van der Waals surface area contributed by atoms with Gasteiger partial charge in [0.25, 0.3) is 0 Å². The summed E-state index contributed by atoms with van der Waals surface area (Å²) >= 11 is 0. The van der Waals surface area contributed by atoms with E-state index in [2.05, 4.69) is 43.2 Å². The summed E-state index contributed by atoms with van der Waals surface area (Å²) in [7, 11) is 1.98. The summed E-state index contributed by atoms with van der Waals surface area (Å²) in [6.07, 6.45) is 0.923. The van der Waals surface area contributed by atoms with Gasteiger partial charge in [0.05, 0.1) is 5.69 Å². The molecule has 0 amide bonds. The summed E-state index contributed by atoms with van der Waals surface area (Å²) in [5.74, 6) is 0. The molecule has 0 saturated carbocycles. The van der Waals surface area contributed by atoms with Crippen LogP contribution in [0.15, 0.2) is 24.3 Å². The molecule has 1 aromatic carbocycles. The smallest absolute Gasteiger partial charge is 0.0674 e. The van der Waals surface area contributed by atoms with E-state index in [4.69, 9.17) is 5.73 Å². The summed E-state index contributed by atoms with van der Waals surface area (Å²) in [5, 5.41) is 4.45. The molecule has 0 aliphatic heterocycles. The van der Waals surface area contributed by atoms with Gasteiger partial charge >= 0.3 is 0 Å². The molecule has 2 aromatic rings. The number of nitrogens with two attached hydrogens (primary N) is 1. The maximum atomic E-state index is 5.60. The van der Waals surface area contributed by atoms with Crippen LogP contribution in [0, 0.1) is 13.8 Å². The zero-order valence-electron chi connectivity index (χ0n) is 11.5. The Kier molecular flexibility index (Phi) is 7.12. The molecule has 0 atom stereocenters. The van der Waals surface area contributed by atoms with Crippen molar-refractivity contribution in [2.24, 2.45) is 12.8 Å². The topological polar surface area (TPSA) is 43.8 Å². The Hall–Kier alpha value is -1.03. The summed E-state index contributed by atoms with van der Waals surface area (Å²) in [4.78, 5) is 0. The largest absolute Gasteiger partial charge is 0.330 e. The molecule has 106 valence electrons. The molecule has 1 aromatic heterocycles. The van der Waals surface area contributed by atoms with Crippen LogP contribution in [-0.2, 0) is 13.5 Å². The van der Waals surface area contributed by atoms with Crippen LogP contribution in [0.25, 0.3) is 11.1 Å². The van der Waals surface area contributed by atoms with Crippen molar-refractivity contribution >= 4 is 24.8 Å². The lowest BCUT2D eigenvalue weighted by molar-refractivity contribution is 0.731. The van der Waals surface area contributed by atoms with Gasteiger partial charge in [-0.3, -0.25) is 4.68 Å². The average molecular weight is 302 g/mol. The molecule has 0 unspecified atom stereocenters. The lowest BCUT2D eigenvalue weighted by Crippen LogP contribution is -2.02. The molecule has 19 heavy (non-hydrogen) atoms.